The van der Waals surface area contributed by atoms with E-state index in [9.17, 15) is 4.79 Å². The third-order valence-electron chi connectivity index (χ3n) is 4.52. The molecule has 4 rings (SSSR count). The first-order chi connectivity index (χ1) is 12.3. The predicted octanol–water partition coefficient (Wildman–Crippen LogP) is 2.83. The molecule has 2 aromatic heterocycles. The highest BCUT2D eigenvalue weighted by molar-refractivity contribution is 5.93. The molecule has 5 nitrogen and oxygen atoms in total. The van der Waals surface area contributed by atoms with Crippen LogP contribution in [0, 0.1) is 0 Å². The molecular formula is C20H18N4O. The Labute approximate surface area is 146 Å². The Morgan fingerprint density at radius 3 is 2.56 bits per heavy atom. The number of carbonyl (C=O) groups excluding carboxylic acids is 1. The monoisotopic (exact) mass is 330 g/mol. The third kappa shape index (κ3) is 3.40. The lowest BCUT2D eigenvalue weighted by molar-refractivity contribution is 0.0933. The van der Waals surface area contributed by atoms with Gasteiger partial charge in [-0.2, -0.15) is 0 Å². The topological polar surface area (TPSA) is 67.8 Å². The average molecular weight is 330 g/mol. The van der Waals surface area contributed by atoms with E-state index >= 15 is 0 Å². The molecule has 1 aromatic carbocycles. The smallest absolute Gasteiger partial charge is 0.254 e. The van der Waals surface area contributed by atoms with Gasteiger partial charge in [0.15, 0.2) is 5.82 Å². The number of pyridine rings is 1. The van der Waals surface area contributed by atoms with Gasteiger partial charge in [-0.05, 0) is 42.5 Å². The molecule has 1 aliphatic carbocycles. The van der Waals surface area contributed by atoms with Gasteiger partial charge in [0.25, 0.3) is 5.91 Å². The van der Waals surface area contributed by atoms with E-state index in [1.807, 2.05) is 18.2 Å². The number of aryl methyl sites for hydroxylation is 1. The molecule has 3 aromatic rings. The summed E-state index contributed by atoms with van der Waals surface area (Å²) < 4.78 is 0. The number of hydrogen-bond acceptors (Lipinski definition) is 4. The molecule has 1 N–H and O–H groups in total. The molecule has 1 aliphatic rings. The first-order valence-corrected chi connectivity index (χ1v) is 8.40. The summed E-state index contributed by atoms with van der Waals surface area (Å²) in [6.45, 7) is 0. The summed E-state index contributed by atoms with van der Waals surface area (Å²) >= 11 is 0. The zero-order chi connectivity index (χ0) is 17.1. The number of hydrogen-bond donors (Lipinski definition) is 1. The Kier molecular flexibility index (Phi) is 4.21. The summed E-state index contributed by atoms with van der Waals surface area (Å²) in [5, 5.41) is 3.10. The number of nitrogens with zero attached hydrogens (tertiary/aromatic N) is 3. The van der Waals surface area contributed by atoms with Crippen molar-refractivity contribution in [1.29, 1.82) is 0 Å². The van der Waals surface area contributed by atoms with Crippen LogP contribution in [-0.4, -0.2) is 26.9 Å². The number of carbonyl (C=O) groups is 1. The number of benzene rings is 1. The lowest BCUT2D eigenvalue weighted by atomic mass is 9.88. The molecule has 1 atom stereocenters. The lowest BCUT2D eigenvalue weighted by Crippen LogP contribution is -2.38. The molecule has 25 heavy (non-hydrogen) atoms. The minimum Gasteiger partial charge on any atom is -0.349 e. The zero-order valence-electron chi connectivity index (χ0n) is 13.7. The molecule has 0 bridgehead atoms. The van der Waals surface area contributed by atoms with Crippen LogP contribution >= 0.6 is 0 Å². The SMILES string of the molecule is O=C(N[C@H]1CCc2ccccc2C1)c1cnc(-c2cccnc2)nc1. The number of fused-ring (bicyclic) bond motifs is 1. The number of amides is 1. The Morgan fingerprint density at radius 2 is 1.80 bits per heavy atom. The van der Waals surface area contributed by atoms with Crippen molar-refractivity contribution in [2.24, 2.45) is 0 Å². The van der Waals surface area contributed by atoms with Crippen LogP contribution in [0.4, 0.5) is 0 Å². The van der Waals surface area contributed by atoms with Crippen molar-refractivity contribution >= 4 is 5.91 Å². The molecule has 0 saturated carbocycles. The summed E-state index contributed by atoms with van der Waals surface area (Å²) in [5.41, 5.74) is 4.02. The van der Waals surface area contributed by atoms with Gasteiger partial charge in [-0.25, -0.2) is 9.97 Å². The second-order valence-corrected chi connectivity index (χ2v) is 6.22. The zero-order valence-corrected chi connectivity index (χ0v) is 13.7. The standard InChI is InChI=1S/C20H18N4O/c25-20(24-18-8-7-14-4-1-2-5-15(14)10-18)17-12-22-19(23-13-17)16-6-3-9-21-11-16/h1-6,9,11-13,18H,7-8,10H2,(H,24,25)/t18-/m0/s1. The van der Waals surface area contributed by atoms with Crippen molar-refractivity contribution in [3.63, 3.8) is 0 Å². The van der Waals surface area contributed by atoms with Crippen molar-refractivity contribution in [3.05, 3.63) is 77.9 Å². The van der Waals surface area contributed by atoms with Gasteiger partial charge in [0.1, 0.15) is 0 Å². The molecular weight excluding hydrogens is 312 g/mol. The van der Waals surface area contributed by atoms with E-state index in [2.05, 4.69) is 38.5 Å². The van der Waals surface area contributed by atoms with Gasteiger partial charge in [-0.15, -0.1) is 0 Å². The van der Waals surface area contributed by atoms with Crippen molar-refractivity contribution in [2.75, 3.05) is 0 Å². The minimum absolute atomic E-state index is 0.123. The van der Waals surface area contributed by atoms with Gasteiger partial charge in [-0.3, -0.25) is 9.78 Å². The van der Waals surface area contributed by atoms with E-state index in [0.29, 0.717) is 11.4 Å². The van der Waals surface area contributed by atoms with Crippen LogP contribution in [0.5, 0.6) is 0 Å². The summed E-state index contributed by atoms with van der Waals surface area (Å²) in [6.07, 6.45) is 9.37. The largest absolute Gasteiger partial charge is 0.349 e. The van der Waals surface area contributed by atoms with Crippen molar-refractivity contribution in [3.8, 4) is 11.4 Å². The maximum absolute atomic E-state index is 12.5. The number of rotatable bonds is 3. The first kappa shape index (κ1) is 15.4. The highest BCUT2D eigenvalue weighted by atomic mass is 16.1. The Hall–Kier alpha value is -3.08. The second kappa shape index (κ2) is 6.81. The fraction of sp³-hybridized carbons (Fsp3) is 0.200. The molecule has 1 amide bonds. The van der Waals surface area contributed by atoms with Crippen LogP contribution in [-0.2, 0) is 12.8 Å². The summed E-state index contributed by atoms with van der Waals surface area (Å²) in [5.74, 6) is 0.443. The van der Waals surface area contributed by atoms with Crippen LogP contribution in [0.1, 0.15) is 27.9 Å². The third-order valence-corrected chi connectivity index (χ3v) is 4.52. The van der Waals surface area contributed by atoms with E-state index in [4.69, 9.17) is 0 Å². The normalized spacial score (nSPS) is 16.1. The van der Waals surface area contributed by atoms with Crippen molar-refractivity contribution in [1.82, 2.24) is 20.3 Å². The van der Waals surface area contributed by atoms with E-state index in [0.717, 1.165) is 24.8 Å². The minimum atomic E-state index is -0.123. The number of nitrogens with one attached hydrogen (secondary N) is 1. The Bertz CT molecular complexity index is 878. The van der Waals surface area contributed by atoms with Gasteiger partial charge in [-0.1, -0.05) is 24.3 Å². The molecule has 0 aliphatic heterocycles. The van der Waals surface area contributed by atoms with Crippen LogP contribution in [0.25, 0.3) is 11.4 Å². The van der Waals surface area contributed by atoms with E-state index in [1.165, 1.54) is 11.1 Å². The molecule has 0 fully saturated rings. The first-order valence-electron chi connectivity index (χ1n) is 8.40. The molecule has 0 saturated heterocycles. The van der Waals surface area contributed by atoms with Crippen molar-refractivity contribution in [2.45, 2.75) is 25.3 Å². The lowest BCUT2D eigenvalue weighted by Gasteiger charge is -2.25. The summed E-state index contributed by atoms with van der Waals surface area (Å²) in [6, 6.07) is 12.3. The molecule has 0 radical (unpaired) electrons. The molecule has 124 valence electrons. The molecule has 0 spiro atoms. The van der Waals surface area contributed by atoms with Crippen LogP contribution in [0.15, 0.2) is 61.2 Å². The van der Waals surface area contributed by atoms with Gasteiger partial charge < -0.3 is 5.32 Å². The summed E-state index contributed by atoms with van der Waals surface area (Å²) in [7, 11) is 0. The van der Waals surface area contributed by atoms with Crippen LogP contribution < -0.4 is 5.32 Å². The van der Waals surface area contributed by atoms with E-state index < -0.39 is 0 Å². The van der Waals surface area contributed by atoms with E-state index in [-0.39, 0.29) is 11.9 Å². The second-order valence-electron chi connectivity index (χ2n) is 6.22. The van der Waals surface area contributed by atoms with Gasteiger partial charge in [0.05, 0.1) is 5.56 Å². The van der Waals surface area contributed by atoms with Gasteiger partial charge in [0.2, 0.25) is 0 Å². The van der Waals surface area contributed by atoms with Crippen molar-refractivity contribution < 1.29 is 4.79 Å². The van der Waals surface area contributed by atoms with E-state index in [1.54, 1.807) is 24.8 Å². The van der Waals surface area contributed by atoms with Crippen LogP contribution in [0.2, 0.25) is 0 Å². The fourth-order valence-electron chi connectivity index (χ4n) is 3.18. The fourth-order valence-corrected chi connectivity index (χ4v) is 3.18. The molecule has 2 heterocycles. The molecule has 0 unspecified atom stereocenters. The Balaban J connectivity index is 1.43. The van der Waals surface area contributed by atoms with Gasteiger partial charge in [0, 0.05) is 36.4 Å². The highest BCUT2D eigenvalue weighted by Crippen LogP contribution is 2.21. The number of aromatic nitrogens is 3. The van der Waals surface area contributed by atoms with Crippen LogP contribution in [0.3, 0.4) is 0 Å². The van der Waals surface area contributed by atoms with Gasteiger partial charge >= 0.3 is 0 Å². The Morgan fingerprint density at radius 1 is 1.00 bits per heavy atom. The predicted molar refractivity (Wildman–Crippen MR) is 95.0 cm³/mol. The molecule has 5 heteroatoms. The summed E-state index contributed by atoms with van der Waals surface area (Å²) in [4.78, 5) is 25.1. The maximum Gasteiger partial charge on any atom is 0.254 e. The average Bonchev–Trinajstić information content (AvgIpc) is 2.69. The quantitative estimate of drug-likeness (QED) is 0.802. The maximum atomic E-state index is 12.5. The highest BCUT2D eigenvalue weighted by Gasteiger charge is 2.20.